The van der Waals surface area contributed by atoms with Crippen molar-refractivity contribution in [2.75, 3.05) is 0 Å². The van der Waals surface area contributed by atoms with Gasteiger partial charge in [-0.05, 0) is 0 Å². The first-order valence-electron chi connectivity index (χ1n) is 0.783. The number of phosphoric acid groups is 1. The van der Waals surface area contributed by atoms with Gasteiger partial charge in [0.25, 0.3) is 0 Å². The van der Waals surface area contributed by atoms with Gasteiger partial charge >= 0.3 is 156 Å². The SMILES string of the molecule is O=P(O)(O)O.[H-].[H-].[H-].[H-].[H-].[Na+].[Na+].[Na+].[Na+].[Na+]. The van der Waals surface area contributed by atoms with Crippen LogP contribution in [0.1, 0.15) is 7.13 Å². The molecule has 0 saturated carbocycles. The molecule has 0 heterocycles. The van der Waals surface area contributed by atoms with Gasteiger partial charge in [-0.1, -0.05) is 0 Å². The molecule has 0 aliphatic rings. The van der Waals surface area contributed by atoms with Crippen molar-refractivity contribution < 1.29 is 174 Å². The second-order valence-corrected chi connectivity index (χ2v) is 1.54. The molecule has 0 radical (unpaired) electrons. The van der Waals surface area contributed by atoms with E-state index in [-0.39, 0.29) is 155 Å². The fourth-order valence-corrected chi connectivity index (χ4v) is 0. The quantitative estimate of drug-likeness (QED) is 0.278. The Balaban J connectivity index is -0.00000000178. The van der Waals surface area contributed by atoms with Gasteiger partial charge in [0.15, 0.2) is 0 Å². The molecular formula is H8Na5O4P. The van der Waals surface area contributed by atoms with Gasteiger partial charge in [0, 0.05) is 0 Å². The molecule has 42 valence electrons. The van der Waals surface area contributed by atoms with E-state index in [9.17, 15) is 0 Å². The second kappa shape index (κ2) is 19.6. The smallest absolute Gasteiger partial charge is 1.00 e. The van der Waals surface area contributed by atoms with Crippen LogP contribution in [0.15, 0.2) is 0 Å². The first kappa shape index (κ1) is 36.2. The fraction of sp³-hybridized carbons (Fsp3) is 0. The van der Waals surface area contributed by atoms with Crippen LogP contribution in [0.5, 0.6) is 0 Å². The molecule has 0 saturated heterocycles. The van der Waals surface area contributed by atoms with Crippen LogP contribution in [-0.2, 0) is 4.57 Å². The number of hydrogen-bond acceptors (Lipinski definition) is 1. The minimum Gasteiger partial charge on any atom is -1.00 e. The molecule has 4 nitrogen and oxygen atoms in total. The zero-order chi connectivity index (χ0) is 4.50. The van der Waals surface area contributed by atoms with Gasteiger partial charge in [0.1, 0.15) is 0 Å². The number of hydrogen-bond donors (Lipinski definition) is 3. The molecular weight excluding hydrogens is 210 g/mol. The van der Waals surface area contributed by atoms with Crippen molar-refractivity contribution in [2.24, 2.45) is 0 Å². The van der Waals surface area contributed by atoms with E-state index in [0.29, 0.717) is 0 Å². The first-order valence-corrected chi connectivity index (χ1v) is 2.35. The Bertz CT molecular complexity index is 73.6. The molecule has 0 aliphatic carbocycles. The monoisotopic (exact) mass is 218 g/mol. The van der Waals surface area contributed by atoms with Crippen molar-refractivity contribution in [3.05, 3.63) is 0 Å². The van der Waals surface area contributed by atoms with Gasteiger partial charge in [-0.15, -0.1) is 0 Å². The van der Waals surface area contributed by atoms with Crippen LogP contribution in [0.2, 0.25) is 0 Å². The maximum absolute atomic E-state index is 8.88. The van der Waals surface area contributed by atoms with Crippen molar-refractivity contribution in [3.8, 4) is 0 Å². The van der Waals surface area contributed by atoms with Crippen LogP contribution in [0.25, 0.3) is 0 Å². The third-order valence-corrected chi connectivity index (χ3v) is 0. The Labute approximate surface area is 178 Å². The first-order chi connectivity index (χ1) is 2.00. The van der Waals surface area contributed by atoms with E-state index in [2.05, 4.69) is 0 Å². The summed E-state index contributed by atoms with van der Waals surface area (Å²) in [4.78, 5) is 21.6. The molecule has 0 aromatic rings. The minimum absolute atomic E-state index is 0. The van der Waals surface area contributed by atoms with Crippen LogP contribution in [0.3, 0.4) is 0 Å². The molecule has 0 aromatic carbocycles. The van der Waals surface area contributed by atoms with Gasteiger partial charge in [0.2, 0.25) is 0 Å². The van der Waals surface area contributed by atoms with E-state index in [1.165, 1.54) is 0 Å². The molecule has 0 spiro atoms. The molecule has 3 N–H and O–H groups in total. The molecule has 10 heavy (non-hydrogen) atoms. The Kier molecular flexibility index (Phi) is 71.2. The minimum atomic E-state index is -4.64. The van der Waals surface area contributed by atoms with E-state index >= 15 is 0 Å². The predicted octanol–water partition coefficient (Wildman–Crippen LogP) is -15.3. The molecule has 0 fully saturated rings. The van der Waals surface area contributed by atoms with Gasteiger partial charge in [0.05, 0.1) is 0 Å². The molecule has 0 aliphatic heterocycles. The van der Waals surface area contributed by atoms with E-state index in [0.717, 1.165) is 0 Å². The molecule has 0 unspecified atom stereocenters. The largest absolute Gasteiger partial charge is 1.00 e. The molecule has 0 amide bonds. The summed E-state index contributed by atoms with van der Waals surface area (Å²) in [6, 6.07) is 0. The van der Waals surface area contributed by atoms with Gasteiger partial charge in [-0.3, -0.25) is 0 Å². The van der Waals surface area contributed by atoms with E-state index in [1.807, 2.05) is 0 Å². The van der Waals surface area contributed by atoms with E-state index in [4.69, 9.17) is 19.2 Å². The van der Waals surface area contributed by atoms with Crippen LogP contribution in [0, 0.1) is 0 Å². The third-order valence-electron chi connectivity index (χ3n) is 0. The summed E-state index contributed by atoms with van der Waals surface area (Å²) in [5.74, 6) is 0. The fourth-order valence-electron chi connectivity index (χ4n) is 0. The summed E-state index contributed by atoms with van der Waals surface area (Å²) in [5, 5.41) is 0. The van der Waals surface area contributed by atoms with Gasteiger partial charge in [-0.2, -0.15) is 0 Å². The van der Waals surface area contributed by atoms with Crippen LogP contribution < -0.4 is 148 Å². The third kappa shape index (κ3) is 73.6. The molecule has 0 bridgehead atoms. The van der Waals surface area contributed by atoms with E-state index < -0.39 is 7.82 Å². The Morgan fingerprint density at radius 3 is 0.800 bits per heavy atom. The topological polar surface area (TPSA) is 77.8 Å². The Morgan fingerprint density at radius 1 is 0.800 bits per heavy atom. The standard InChI is InChI=1S/5Na.H3O4P.5H/c;;;;;1-5(2,3)4;;;;;/h;;;;;(H3,1,2,3,4);;;;;/q5*+1;;5*-1. The molecule has 0 aromatic heterocycles. The van der Waals surface area contributed by atoms with Crippen LogP contribution in [-0.4, -0.2) is 14.7 Å². The molecule has 0 atom stereocenters. The Morgan fingerprint density at radius 2 is 0.800 bits per heavy atom. The Hall–Kier alpha value is 5.11. The average molecular weight is 218 g/mol. The summed E-state index contributed by atoms with van der Waals surface area (Å²) in [6.45, 7) is 0. The van der Waals surface area contributed by atoms with Crippen molar-refractivity contribution >= 4 is 7.82 Å². The van der Waals surface area contributed by atoms with Crippen LogP contribution >= 0.6 is 7.82 Å². The van der Waals surface area contributed by atoms with Crippen molar-refractivity contribution in [2.45, 2.75) is 0 Å². The maximum atomic E-state index is 8.88. The zero-order valence-electron chi connectivity index (χ0n) is 12.2. The van der Waals surface area contributed by atoms with Crippen molar-refractivity contribution in [1.82, 2.24) is 0 Å². The van der Waals surface area contributed by atoms with Crippen molar-refractivity contribution in [1.29, 1.82) is 0 Å². The van der Waals surface area contributed by atoms with Gasteiger partial charge in [-0.25, -0.2) is 4.57 Å². The van der Waals surface area contributed by atoms with Crippen LogP contribution in [0.4, 0.5) is 0 Å². The number of rotatable bonds is 0. The summed E-state index contributed by atoms with van der Waals surface area (Å²) < 4.78 is 8.88. The maximum Gasteiger partial charge on any atom is 1.00 e. The summed E-state index contributed by atoms with van der Waals surface area (Å²) in [5.41, 5.74) is 0. The normalized spacial score (nSPS) is 5.90. The molecule has 0 rings (SSSR count). The summed E-state index contributed by atoms with van der Waals surface area (Å²) in [7, 11) is -4.64. The van der Waals surface area contributed by atoms with Gasteiger partial charge < -0.3 is 21.8 Å². The zero-order valence-corrected chi connectivity index (χ0v) is 18.1. The van der Waals surface area contributed by atoms with E-state index in [1.54, 1.807) is 0 Å². The second-order valence-electron chi connectivity index (χ2n) is 0.513. The average Bonchev–Trinajstić information content (AvgIpc) is 0.722. The molecule has 10 heteroatoms. The predicted molar refractivity (Wildman–Crippen MR) is 19.8 cm³/mol. The summed E-state index contributed by atoms with van der Waals surface area (Å²) in [6.07, 6.45) is 0. The van der Waals surface area contributed by atoms with Crippen molar-refractivity contribution in [3.63, 3.8) is 0 Å². The summed E-state index contributed by atoms with van der Waals surface area (Å²) >= 11 is 0.